The average Bonchev–Trinajstić information content (AvgIpc) is 2.43. The van der Waals surface area contributed by atoms with E-state index in [0.717, 1.165) is 5.56 Å². The summed E-state index contributed by atoms with van der Waals surface area (Å²) < 4.78 is 0. The third-order valence-corrected chi connectivity index (χ3v) is 3.20. The fourth-order valence-electron chi connectivity index (χ4n) is 1.61. The van der Waals surface area contributed by atoms with Crippen LogP contribution in [-0.4, -0.2) is 24.2 Å². The molecule has 0 heterocycles. The van der Waals surface area contributed by atoms with Crippen LogP contribution in [0.25, 0.3) is 6.08 Å². The Morgan fingerprint density at radius 3 is 2.40 bits per heavy atom. The van der Waals surface area contributed by atoms with Crippen molar-refractivity contribution in [2.75, 3.05) is 13.2 Å². The predicted octanol–water partition coefficient (Wildman–Crippen LogP) is 2.96. The highest BCUT2D eigenvalue weighted by Crippen LogP contribution is 2.15. The Labute approximate surface area is 121 Å². The molecule has 0 unspecified atom stereocenters. The smallest absolute Gasteiger partial charge is 0.244 e. The van der Waals surface area contributed by atoms with E-state index in [2.05, 4.69) is 31.3 Å². The maximum absolute atomic E-state index is 11.7. The molecule has 2 N–H and O–H groups in total. The molecule has 0 saturated carbocycles. The topological polar surface area (TPSA) is 49.3 Å². The number of hydrogen-bond donors (Lipinski definition) is 2. The second kappa shape index (κ2) is 7.25. The second-order valence-electron chi connectivity index (χ2n) is 6.19. The van der Waals surface area contributed by atoms with Crippen LogP contribution in [-0.2, 0) is 4.79 Å². The van der Waals surface area contributed by atoms with Crippen LogP contribution in [0.4, 0.5) is 0 Å². The summed E-state index contributed by atoms with van der Waals surface area (Å²) in [7, 11) is 0. The Bertz CT molecular complexity index is 458. The Morgan fingerprint density at radius 1 is 1.30 bits per heavy atom. The van der Waals surface area contributed by atoms with Crippen LogP contribution in [0, 0.1) is 5.41 Å². The standard InChI is InChI=1S/C17H25NO2/c1-13(2)15-8-5-14(6-9-15)7-10-16(20)18-11-17(3,4)12-19/h5-10,13,19H,11-12H2,1-4H3,(H,18,20)/b10-7+. The van der Waals surface area contributed by atoms with Crippen LogP contribution in [0.3, 0.4) is 0 Å². The van der Waals surface area contributed by atoms with Gasteiger partial charge in [-0.25, -0.2) is 0 Å². The summed E-state index contributed by atoms with van der Waals surface area (Å²) in [6.07, 6.45) is 3.32. The molecule has 0 aromatic heterocycles. The largest absolute Gasteiger partial charge is 0.396 e. The molecule has 1 aromatic carbocycles. The van der Waals surface area contributed by atoms with Gasteiger partial charge in [-0.1, -0.05) is 52.0 Å². The van der Waals surface area contributed by atoms with Crippen LogP contribution in [0.1, 0.15) is 44.7 Å². The van der Waals surface area contributed by atoms with Gasteiger partial charge in [0.15, 0.2) is 0 Å². The third-order valence-electron chi connectivity index (χ3n) is 3.20. The number of hydrogen-bond acceptors (Lipinski definition) is 2. The highest BCUT2D eigenvalue weighted by molar-refractivity contribution is 5.91. The van der Waals surface area contributed by atoms with Gasteiger partial charge in [0.05, 0.1) is 0 Å². The Hall–Kier alpha value is -1.61. The molecule has 0 fully saturated rings. The summed E-state index contributed by atoms with van der Waals surface area (Å²) in [4.78, 5) is 11.7. The van der Waals surface area contributed by atoms with E-state index in [4.69, 9.17) is 5.11 Å². The lowest BCUT2D eigenvalue weighted by Crippen LogP contribution is -2.35. The highest BCUT2D eigenvalue weighted by Gasteiger charge is 2.16. The molecule has 0 bridgehead atoms. The summed E-state index contributed by atoms with van der Waals surface area (Å²) in [5.41, 5.74) is 2.00. The summed E-state index contributed by atoms with van der Waals surface area (Å²) >= 11 is 0. The summed E-state index contributed by atoms with van der Waals surface area (Å²) in [5, 5.41) is 11.9. The molecule has 0 radical (unpaired) electrons. The molecule has 0 spiro atoms. The first-order valence-corrected chi connectivity index (χ1v) is 7.01. The minimum Gasteiger partial charge on any atom is -0.396 e. The molecule has 0 aliphatic rings. The van der Waals surface area contributed by atoms with Crippen LogP contribution in [0.5, 0.6) is 0 Å². The van der Waals surface area contributed by atoms with Gasteiger partial charge in [-0.05, 0) is 23.1 Å². The van der Waals surface area contributed by atoms with Gasteiger partial charge >= 0.3 is 0 Å². The zero-order chi connectivity index (χ0) is 15.2. The van der Waals surface area contributed by atoms with Gasteiger partial charge in [-0.2, -0.15) is 0 Å². The van der Waals surface area contributed by atoms with Crippen molar-refractivity contribution in [2.24, 2.45) is 5.41 Å². The molecule has 0 saturated heterocycles. The molecule has 0 atom stereocenters. The van der Waals surface area contributed by atoms with Crippen molar-refractivity contribution in [1.82, 2.24) is 5.32 Å². The molecule has 1 amide bonds. The first-order valence-electron chi connectivity index (χ1n) is 7.01. The van der Waals surface area contributed by atoms with E-state index in [1.165, 1.54) is 11.6 Å². The highest BCUT2D eigenvalue weighted by atomic mass is 16.3. The maximum atomic E-state index is 11.7. The fraction of sp³-hybridized carbons (Fsp3) is 0.471. The van der Waals surface area contributed by atoms with E-state index >= 15 is 0 Å². The van der Waals surface area contributed by atoms with E-state index in [0.29, 0.717) is 12.5 Å². The Morgan fingerprint density at radius 2 is 1.90 bits per heavy atom. The van der Waals surface area contributed by atoms with Gasteiger partial charge < -0.3 is 10.4 Å². The number of nitrogens with one attached hydrogen (secondary N) is 1. The molecule has 0 aliphatic carbocycles. The van der Waals surface area contributed by atoms with E-state index in [1.54, 1.807) is 6.08 Å². The molecule has 20 heavy (non-hydrogen) atoms. The average molecular weight is 275 g/mol. The number of carbonyl (C=O) groups excluding carboxylic acids is 1. The van der Waals surface area contributed by atoms with Crippen molar-refractivity contribution in [1.29, 1.82) is 0 Å². The first-order chi connectivity index (χ1) is 9.34. The van der Waals surface area contributed by atoms with E-state index in [-0.39, 0.29) is 17.9 Å². The van der Waals surface area contributed by atoms with Gasteiger partial charge in [0.2, 0.25) is 5.91 Å². The van der Waals surface area contributed by atoms with Crippen molar-refractivity contribution >= 4 is 12.0 Å². The van der Waals surface area contributed by atoms with Crippen LogP contribution >= 0.6 is 0 Å². The molecule has 3 heteroatoms. The van der Waals surface area contributed by atoms with E-state index in [9.17, 15) is 4.79 Å². The molecular formula is C17H25NO2. The fourth-order valence-corrected chi connectivity index (χ4v) is 1.61. The number of rotatable bonds is 6. The Kier molecular flexibility index (Phi) is 5.96. The number of amides is 1. The van der Waals surface area contributed by atoms with Gasteiger partial charge in [-0.15, -0.1) is 0 Å². The van der Waals surface area contributed by atoms with Crippen LogP contribution in [0.15, 0.2) is 30.3 Å². The Balaban J connectivity index is 2.53. The summed E-state index contributed by atoms with van der Waals surface area (Å²) in [6, 6.07) is 8.18. The first kappa shape index (κ1) is 16.4. The molecular weight excluding hydrogens is 250 g/mol. The SMILES string of the molecule is CC(C)c1ccc(/C=C/C(=O)NCC(C)(C)CO)cc1. The lowest BCUT2D eigenvalue weighted by atomic mass is 9.95. The number of benzene rings is 1. The molecule has 110 valence electrons. The third kappa shape index (κ3) is 5.57. The van der Waals surface area contributed by atoms with Crippen molar-refractivity contribution < 1.29 is 9.90 Å². The van der Waals surface area contributed by atoms with Gasteiger partial charge in [-0.3, -0.25) is 4.79 Å². The minimum absolute atomic E-state index is 0.0493. The van der Waals surface area contributed by atoms with E-state index < -0.39 is 0 Å². The van der Waals surface area contributed by atoms with Gasteiger partial charge in [0, 0.05) is 24.6 Å². The summed E-state index contributed by atoms with van der Waals surface area (Å²) in [6.45, 7) is 8.62. The van der Waals surface area contributed by atoms with Gasteiger partial charge in [0.1, 0.15) is 0 Å². The quantitative estimate of drug-likeness (QED) is 0.784. The van der Waals surface area contributed by atoms with Gasteiger partial charge in [0.25, 0.3) is 0 Å². The molecule has 0 aliphatic heterocycles. The number of aliphatic hydroxyl groups excluding tert-OH is 1. The normalized spacial score (nSPS) is 12.1. The molecule has 1 rings (SSSR count). The maximum Gasteiger partial charge on any atom is 0.244 e. The predicted molar refractivity (Wildman–Crippen MR) is 83.4 cm³/mol. The minimum atomic E-state index is -0.289. The molecule has 1 aromatic rings. The zero-order valence-corrected chi connectivity index (χ0v) is 12.8. The van der Waals surface area contributed by atoms with Crippen molar-refractivity contribution in [3.8, 4) is 0 Å². The summed E-state index contributed by atoms with van der Waals surface area (Å²) in [5.74, 6) is 0.372. The number of aliphatic hydroxyl groups is 1. The lowest BCUT2D eigenvalue weighted by Gasteiger charge is -2.21. The second-order valence-corrected chi connectivity index (χ2v) is 6.19. The lowest BCUT2D eigenvalue weighted by molar-refractivity contribution is -0.116. The van der Waals surface area contributed by atoms with Crippen LogP contribution in [0.2, 0.25) is 0 Å². The van der Waals surface area contributed by atoms with Crippen molar-refractivity contribution in [3.63, 3.8) is 0 Å². The number of carbonyl (C=O) groups is 1. The monoisotopic (exact) mass is 275 g/mol. The van der Waals surface area contributed by atoms with Crippen LogP contribution < -0.4 is 5.32 Å². The zero-order valence-electron chi connectivity index (χ0n) is 12.8. The van der Waals surface area contributed by atoms with Crippen molar-refractivity contribution in [3.05, 3.63) is 41.5 Å². The molecule has 3 nitrogen and oxygen atoms in total. The van der Waals surface area contributed by atoms with E-state index in [1.807, 2.05) is 26.0 Å². The van der Waals surface area contributed by atoms with Crippen molar-refractivity contribution in [2.45, 2.75) is 33.6 Å².